The molecule has 0 bridgehead atoms. The predicted octanol–water partition coefficient (Wildman–Crippen LogP) is 8.50. The SMILES string of the molecule is CN(c1ccc(N(c2ccccc2)c2ccc(-c3ccccc3)cc2)cc1)c1ccc([N+](=O)[O-])cc1. The predicted molar refractivity (Wildman–Crippen MR) is 148 cm³/mol. The van der Waals surface area contributed by atoms with Gasteiger partial charge in [0.25, 0.3) is 5.69 Å². The molecule has 0 saturated carbocycles. The monoisotopic (exact) mass is 471 g/mol. The first kappa shape index (κ1) is 22.9. The highest BCUT2D eigenvalue weighted by atomic mass is 16.6. The fraction of sp³-hybridized carbons (Fsp3) is 0.0323. The first-order valence-electron chi connectivity index (χ1n) is 11.7. The molecule has 0 N–H and O–H groups in total. The minimum atomic E-state index is -0.386. The first-order chi connectivity index (χ1) is 17.6. The molecule has 0 unspecified atom stereocenters. The van der Waals surface area contributed by atoms with Gasteiger partial charge in [-0.2, -0.15) is 0 Å². The Morgan fingerprint density at radius 3 is 1.42 bits per heavy atom. The highest BCUT2D eigenvalue weighted by Gasteiger charge is 2.14. The number of anilines is 5. The highest BCUT2D eigenvalue weighted by molar-refractivity contribution is 5.79. The van der Waals surface area contributed by atoms with Crippen molar-refractivity contribution in [2.24, 2.45) is 0 Å². The quantitative estimate of drug-likeness (QED) is 0.176. The van der Waals surface area contributed by atoms with Gasteiger partial charge in [-0.1, -0.05) is 60.7 Å². The maximum absolute atomic E-state index is 11.0. The number of benzene rings is 5. The standard InChI is InChI=1S/C31H25N3O2/c1-32(27-18-22-31(23-19-27)34(35)36)26-16-20-30(21-17-26)33(28-10-6-3-7-11-28)29-14-12-25(13-15-29)24-8-4-2-5-9-24/h2-23H,1H3. The van der Waals surface area contributed by atoms with E-state index in [0.717, 1.165) is 28.4 Å². The summed E-state index contributed by atoms with van der Waals surface area (Å²) in [5.41, 5.74) is 7.48. The van der Waals surface area contributed by atoms with Gasteiger partial charge in [-0.15, -0.1) is 0 Å². The van der Waals surface area contributed by atoms with E-state index in [4.69, 9.17) is 0 Å². The Kier molecular flexibility index (Phi) is 6.45. The van der Waals surface area contributed by atoms with Gasteiger partial charge in [0.15, 0.2) is 0 Å². The van der Waals surface area contributed by atoms with Gasteiger partial charge in [-0.05, 0) is 71.8 Å². The van der Waals surface area contributed by atoms with E-state index < -0.39 is 0 Å². The number of nitro benzene ring substituents is 1. The second-order valence-corrected chi connectivity index (χ2v) is 8.43. The molecule has 36 heavy (non-hydrogen) atoms. The van der Waals surface area contributed by atoms with Crippen LogP contribution in [0.3, 0.4) is 0 Å². The second-order valence-electron chi connectivity index (χ2n) is 8.43. The minimum absolute atomic E-state index is 0.0827. The van der Waals surface area contributed by atoms with Crippen molar-refractivity contribution in [1.82, 2.24) is 0 Å². The Labute approximate surface area is 210 Å². The third-order valence-electron chi connectivity index (χ3n) is 6.19. The molecule has 0 fully saturated rings. The summed E-state index contributed by atoms with van der Waals surface area (Å²) in [6.45, 7) is 0. The van der Waals surface area contributed by atoms with Crippen LogP contribution in [0.1, 0.15) is 0 Å². The minimum Gasteiger partial charge on any atom is -0.345 e. The van der Waals surface area contributed by atoms with E-state index in [1.165, 1.54) is 23.3 Å². The summed E-state index contributed by atoms with van der Waals surface area (Å²) in [5, 5.41) is 11.0. The van der Waals surface area contributed by atoms with Gasteiger partial charge < -0.3 is 9.80 Å². The summed E-state index contributed by atoms with van der Waals surface area (Å²) in [5.74, 6) is 0. The van der Waals surface area contributed by atoms with Crippen molar-refractivity contribution in [3.8, 4) is 11.1 Å². The highest BCUT2D eigenvalue weighted by Crippen LogP contribution is 2.37. The van der Waals surface area contributed by atoms with E-state index in [1.807, 2.05) is 36.2 Å². The van der Waals surface area contributed by atoms with Gasteiger partial charge in [0.05, 0.1) is 4.92 Å². The molecule has 0 aliphatic heterocycles. The number of hydrogen-bond acceptors (Lipinski definition) is 4. The fourth-order valence-corrected chi connectivity index (χ4v) is 4.23. The third-order valence-corrected chi connectivity index (χ3v) is 6.19. The van der Waals surface area contributed by atoms with Crippen LogP contribution in [0.25, 0.3) is 11.1 Å². The van der Waals surface area contributed by atoms with Crippen molar-refractivity contribution in [2.45, 2.75) is 0 Å². The Morgan fingerprint density at radius 1 is 0.500 bits per heavy atom. The molecular weight excluding hydrogens is 446 g/mol. The molecule has 5 nitrogen and oxygen atoms in total. The molecule has 5 aromatic rings. The molecule has 5 heteroatoms. The van der Waals surface area contributed by atoms with Gasteiger partial charge in [0.2, 0.25) is 0 Å². The van der Waals surface area contributed by atoms with Gasteiger partial charge in [-0.25, -0.2) is 0 Å². The summed E-state index contributed by atoms with van der Waals surface area (Å²) < 4.78 is 0. The van der Waals surface area contributed by atoms with Crippen LogP contribution in [0.2, 0.25) is 0 Å². The van der Waals surface area contributed by atoms with Crippen LogP contribution in [-0.2, 0) is 0 Å². The van der Waals surface area contributed by atoms with Crippen molar-refractivity contribution in [1.29, 1.82) is 0 Å². The zero-order chi connectivity index (χ0) is 24.9. The maximum Gasteiger partial charge on any atom is 0.269 e. The molecule has 176 valence electrons. The lowest BCUT2D eigenvalue weighted by Gasteiger charge is -2.27. The number of rotatable bonds is 7. The van der Waals surface area contributed by atoms with E-state index >= 15 is 0 Å². The lowest BCUT2D eigenvalue weighted by atomic mass is 10.0. The number of nitrogens with zero attached hydrogens (tertiary/aromatic N) is 3. The van der Waals surface area contributed by atoms with Crippen LogP contribution >= 0.6 is 0 Å². The smallest absolute Gasteiger partial charge is 0.269 e. The van der Waals surface area contributed by atoms with Gasteiger partial charge in [0.1, 0.15) is 0 Å². The second kappa shape index (κ2) is 10.2. The van der Waals surface area contributed by atoms with Crippen molar-refractivity contribution < 1.29 is 4.92 Å². The zero-order valence-electron chi connectivity index (χ0n) is 19.9. The number of nitro groups is 1. The summed E-state index contributed by atoms with van der Waals surface area (Å²) >= 11 is 0. The largest absolute Gasteiger partial charge is 0.345 e. The molecule has 0 atom stereocenters. The van der Waals surface area contributed by atoms with Gasteiger partial charge >= 0.3 is 0 Å². The Bertz CT molecular complexity index is 1430. The summed E-state index contributed by atoms with van der Waals surface area (Å²) in [4.78, 5) is 14.8. The molecule has 0 spiro atoms. The summed E-state index contributed by atoms with van der Waals surface area (Å²) in [6, 6.07) is 44.1. The number of para-hydroxylation sites is 1. The van der Waals surface area contributed by atoms with Crippen molar-refractivity contribution >= 4 is 34.1 Å². The molecule has 0 radical (unpaired) electrons. The van der Waals surface area contributed by atoms with Crippen LogP contribution < -0.4 is 9.80 Å². The summed E-state index contributed by atoms with van der Waals surface area (Å²) in [6.07, 6.45) is 0. The van der Waals surface area contributed by atoms with E-state index in [2.05, 4.69) is 89.8 Å². The van der Waals surface area contributed by atoms with Crippen molar-refractivity contribution in [2.75, 3.05) is 16.8 Å². The summed E-state index contributed by atoms with van der Waals surface area (Å²) in [7, 11) is 1.95. The van der Waals surface area contributed by atoms with Crippen molar-refractivity contribution in [3.05, 3.63) is 144 Å². The lowest BCUT2D eigenvalue weighted by molar-refractivity contribution is -0.384. The topological polar surface area (TPSA) is 49.6 Å². The molecule has 0 aromatic heterocycles. The fourth-order valence-electron chi connectivity index (χ4n) is 4.23. The Balaban J connectivity index is 1.45. The number of non-ortho nitro benzene ring substituents is 1. The molecule has 0 aliphatic carbocycles. The normalized spacial score (nSPS) is 10.6. The van der Waals surface area contributed by atoms with E-state index in [9.17, 15) is 10.1 Å². The van der Waals surface area contributed by atoms with Gasteiger partial charge in [0, 0.05) is 47.6 Å². The third kappa shape index (κ3) is 4.81. The van der Waals surface area contributed by atoms with Crippen LogP contribution in [-0.4, -0.2) is 12.0 Å². The van der Waals surface area contributed by atoms with Crippen LogP contribution in [0.4, 0.5) is 34.1 Å². The Morgan fingerprint density at radius 2 is 0.889 bits per heavy atom. The molecule has 0 heterocycles. The zero-order valence-corrected chi connectivity index (χ0v) is 19.9. The molecule has 5 aromatic carbocycles. The average molecular weight is 472 g/mol. The molecule has 0 aliphatic rings. The van der Waals surface area contributed by atoms with E-state index in [0.29, 0.717) is 0 Å². The van der Waals surface area contributed by atoms with Crippen LogP contribution in [0.15, 0.2) is 133 Å². The van der Waals surface area contributed by atoms with Crippen molar-refractivity contribution in [3.63, 3.8) is 0 Å². The van der Waals surface area contributed by atoms with E-state index in [-0.39, 0.29) is 10.6 Å². The molecule has 0 amide bonds. The van der Waals surface area contributed by atoms with Crippen LogP contribution in [0.5, 0.6) is 0 Å². The number of hydrogen-bond donors (Lipinski definition) is 0. The van der Waals surface area contributed by atoms with E-state index in [1.54, 1.807) is 12.1 Å². The Hall–Kier alpha value is -4.90. The molecular formula is C31H25N3O2. The molecule has 5 rings (SSSR count). The molecule has 0 saturated heterocycles. The van der Waals surface area contributed by atoms with Crippen LogP contribution in [0, 0.1) is 10.1 Å². The van der Waals surface area contributed by atoms with Gasteiger partial charge in [-0.3, -0.25) is 10.1 Å². The first-order valence-corrected chi connectivity index (χ1v) is 11.7. The maximum atomic E-state index is 11.0. The lowest BCUT2D eigenvalue weighted by Crippen LogP contribution is -2.12. The average Bonchev–Trinajstić information content (AvgIpc) is 2.95.